The molecule has 0 saturated heterocycles. The molecule has 0 fully saturated rings. The summed E-state index contributed by atoms with van der Waals surface area (Å²) >= 11 is 0. The molecule has 2 rings (SSSR count). The Labute approximate surface area is 101 Å². The van der Waals surface area contributed by atoms with Crippen LogP contribution in [0.1, 0.15) is 31.0 Å². The Morgan fingerprint density at radius 1 is 1.41 bits per heavy atom. The second kappa shape index (κ2) is 5.12. The van der Waals surface area contributed by atoms with E-state index in [4.69, 9.17) is 0 Å². The minimum atomic E-state index is -0.388. The molecule has 1 heterocycles. The van der Waals surface area contributed by atoms with Crippen molar-refractivity contribution in [3.63, 3.8) is 0 Å². The van der Waals surface area contributed by atoms with Crippen molar-refractivity contribution in [3.05, 3.63) is 17.6 Å². The van der Waals surface area contributed by atoms with Gasteiger partial charge in [0.15, 0.2) is 0 Å². The molecule has 1 aromatic rings. The van der Waals surface area contributed by atoms with Gasteiger partial charge in [0.05, 0.1) is 7.11 Å². The zero-order valence-corrected chi connectivity index (χ0v) is 10.2. The highest BCUT2D eigenvalue weighted by Gasteiger charge is 2.19. The van der Waals surface area contributed by atoms with Crippen molar-refractivity contribution < 1.29 is 9.53 Å². The van der Waals surface area contributed by atoms with E-state index in [1.807, 2.05) is 0 Å². The molecule has 1 aromatic heterocycles. The summed E-state index contributed by atoms with van der Waals surface area (Å²) in [5, 5.41) is 3.10. The van der Waals surface area contributed by atoms with Gasteiger partial charge in [-0.05, 0) is 32.6 Å². The predicted molar refractivity (Wildman–Crippen MR) is 63.8 cm³/mol. The highest BCUT2D eigenvalue weighted by atomic mass is 16.5. The summed E-state index contributed by atoms with van der Waals surface area (Å²) in [6.07, 6.45) is 5.86. The van der Waals surface area contributed by atoms with Crippen LogP contribution in [0.25, 0.3) is 0 Å². The number of anilines is 1. The van der Waals surface area contributed by atoms with Gasteiger partial charge in [-0.1, -0.05) is 0 Å². The maximum absolute atomic E-state index is 11.4. The van der Waals surface area contributed by atoms with Crippen molar-refractivity contribution in [2.75, 3.05) is 12.4 Å². The first kappa shape index (κ1) is 11.8. The van der Waals surface area contributed by atoms with E-state index in [9.17, 15) is 4.79 Å². The molecule has 1 unspecified atom stereocenters. The molecule has 0 bridgehead atoms. The fourth-order valence-electron chi connectivity index (χ4n) is 2.09. The molecule has 5 heteroatoms. The lowest BCUT2D eigenvalue weighted by Crippen LogP contribution is -2.28. The van der Waals surface area contributed by atoms with Crippen molar-refractivity contribution in [2.24, 2.45) is 0 Å². The Morgan fingerprint density at radius 3 is 2.94 bits per heavy atom. The first-order chi connectivity index (χ1) is 8.22. The molecule has 0 spiro atoms. The number of nitrogens with zero attached hydrogens (tertiary/aromatic N) is 2. The summed E-state index contributed by atoms with van der Waals surface area (Å²) in [5.41, 5.74) is 2.25. The SMILES string of the molecule is COC(=O)C(C)Nc1ncnc2c1CCCC2. The highest BCUT2D eigenvalue weighted by Crippen LogP contribution is 2.24. The molecule has 0 saturated carbocycles. The number of aryl methyl sites for hydroxylation is 1. The number of hydrogen-bond acceptors (Lipinski definition) is 5. The topological polar surface area (TPSA) is 64.1 Å². The fraction of sp³-hybridized carbons (Fsp3) is 0.583. The van der Waals surface area contributed by atoms with Crippen LogP contribution in [0.2, 0.25) is 0 Å². The zero-order chi connectivity index (χ0) is 12.3. The maximum Gasteiger partial charge on any atom is 0.328 e. The van der Waals surface area contributed by atoms with Crippen LogP contribution >= 0.6 is 0 Å². The predicted octanol–water partition coefficient (Wildman–Crippen LogP) is 1.33. The molecule has 1 aliphatic carbocycles. The van der Waals surface area contributed by atoms with E-state index in [0.717, 1.165) is 36.3 Å². The van der Waals surface area contributed by atoms with Crippen LogP contribution in [-0.4, -0.2) is 29.1 Å². The lowest BCUT2D eigenvalue weighted by molar-refractivity contribution is -0.141. The quantitative estimate of drug-likeness (QED) is 0.801. The Balaban J connectivity index is 2.18. The van der Waals surface area contributed by atoms with E-state index in [2.05, 4.69) is 20.0 Å². The van der Waals surface area contributed by atoms with Gasteiger partial charge in [-0.3, -0.25) is 0 Å². The summed E-state index contributed by atoms with van der Waals surface area (Å²) in [6.45, 7) is 1.77. The summed E-state index contributed by atoms with van der Waals surface area (Å²) in [5.74, 6) is 0.487. The molecule has 0 amide bonds. The van der Waals surface area contributed by atoms with Crippen molar-refractivity contribution in [1.29, 1.82) is 0 Å². The van der Waals surface area contributed by atoms with Crippen LogP contribution in [0, 0.1) is 0 Å². The molecule has 1 atom stereocenters. The first-order valence-electron chi connectivity index (χ1n) is 5.89. The van der Waals surface area contributed by atoms with Crippen molar-refractivity contribution in [1.82, 2.24) is 9.97 Å². The van der Waals surface area contributed by atoms with E-state index in [1.54, 1.807) is 13.3 Å². The maximum atomic E-state index is 11.4. The Morgan fingerprint density at radius 2 is 2.18 bits per heavy atom. The highest BCUT2D eigenvalue weighted by molar-refractivity contribution is 5.78. The average molecular weight is 235 g/mol. The van der Waals surface area contributed by atoms with Crippen LogP contribution in [0.5, 0.6) is 0 Å². The normalized spacial score (nSPS) is 15.9. The van der Waals surface area contributed by atoms with Gasteiger partial charge < -0.3 is 10.1 Å². The van der Waals surface area contributed by atoms with Crippen LogP contribution in [-0.2, 0) is 22.4 Å². The summed E-state index contributed by atoms with van der Waals surface area (Å²) < 4.78 is 4.68. The molecule has 0 aromatic carbocycles. The smallest absolute Gasteiger partial charge is 0.328 e. The summed E-state index contributed by atoms with van der Waals surface area (Å²) in [4.78, 5) is 19.9. The van der Waals surface area contributed by atoms with Gasteiger partial charge in [0.2, 0.25) is 0 Å². The largest absolute Gasteiger partial charge is 0.467 e. The number of nitrogens with one attached hydrogen (secondary N) is 1. The van der Waals surface area contributed by atoms with Crippen LogP contribution in [0.3, 0.4) is 0 Å². The molecule has 92 valence electrons. The second-order valence-corrected chi connectivity index (χ2v) is 4.24. The number of fused-ring (bicyclic) bond motifs is 1. The minimum Gasteiger partial charge on any atom is -0.467 e. The van der Waals surface area contributed by atoms with Gasteiger partial charge in [0.1, 0.15) is 18.2 Å². The number of ether oxygens (including phenoxy) is 1. The number of rotatable bonds is 3. The summed E-state index contributed by atoms with van der Waals surface area (Å²) in [7, 11) is 1.38. The van der Waals surface area contributed by atoms with E-state index in [-0.39, 0.29) is 12.0 Å². The average Bonchev–Trinajstić information content (AvgIpc) is 2.38. The van der Waals surface area contributed by atoms with Gasteiger partial charge in [-0.15, -0.1) is 0 Å². The number of hydrogen-bond donors (Lipinski definition) is 1. The first-order valence-corrected chi connectivity index (χ1v) is 5.89. The third kappa shape index (κ3) is 2.54. The number of carbonyl (C=O) groups excluding carboxylic acids is 1. The van der Waals surface area contributed by atoms with Crippen LogP contribution in [0.4, 0.5) is 5.82 Å². The molecule has 1 N–H and O–H groups in total. The third-order valence-corrected chi connectivity index (χ3v) is 3.03. The molecular weight excluding hydrogens is 218 g/mol. The molecule has 5 nitrogen and oxygen atoms in total. The van der Waals surface area contributed by atoms with Gasteiger partial charge in [0.25, 0.3) is 0 Å². The van der Waals surface area contributed by atoms with Crippen molar-refractivity contribution in [3.8, 4) is 0 Å². The van der Waals surface area contributed by atoms with E-state index in [1.165, 1.54) is 13.5 Å². The Kier molecular flexibility index (Phi) is 3.56. The number of carbonyl (C=O) groups is 1. The third-order valence-electron chi connectivity index (χ3n) is 3.03. The van der Waals surface area contributed by atoms with Gasteiger partial charge >= 0.3 is 5.97 Å². The number of methoxy groups -OCH3 is 1. The van der Waals surface area contributed by atoms with E-state index >= 15 is 0 Å². The van der Waals surface area contributed by atoms with E-state index < -0.39 is 0 Å². The minimum absolute atomic E-state index is 0.284. The fourth-order valence-corrected chi connectivity index (χ4v) is 2.09. The monoisotopic (exact) mass is 235 g/mol. The lowest BCUT2D eigenvalue weighted by atomic mass is 9.96. The zero-order valence-electron chi connectivity index (χ0n) is 10.2. The van der Waals surface area contributed by atoms with Gasteiger partial charge in [-0.25, -0.2) is 14.8 Å². The number of aromatic nitrogens is 2. The standard InChI is InChI=1S/C12H17N3O2/c1-8(12(16)17-2)15-11-9-5-3-4-6-10(9)13-7-14-11/h7-8H,3-6H2,1-2H3,(H,13,14,15). The van der Waals surface area contributed by atoms with Crippen molar-refractivity contribution >= 4 is 11.8 Å². The van der Waals surface area contributed by atoms with Crippen LogP contribution < -0.4 is 5.32 Å². The van der Waals surface area contributed by atoms with Crippen LogP contribution in [0.15, 0.2) is 6.33 Å². The second-order valence-electron chi connectivity index (χ2n) is 4.24. The molecule has 1 aliphatic rings. The molecule has 0 aliphatic heterocycles. The van der Waals surface area contributed by atoms with Gasteiger partial charge in [0, 0.05) is 11.3 Å². The Bertz CT molecular complexity index is 420. The molecule has 0 radical (unpaired) electrons. The Hall–Kier alpha value is -1.65. The number of esters is 1. The van der Waals surface area contributed by atoms with E-state index in [0.29, 0.717) is 0 Å². The molecular formula is C12H17N3O2. The lowest BCUT2D eigenvalue weighted by Gasteiger charge is -2.20. The molecule has 17 heavy (non-hydrogen) atoms. The van der Waals surface area contributed by atoms with Crippen molar-refractivity contribution in [2.45, 2.75) is 38.6 Å². The summed E-state index contributed by atoms with van der Waals surface area (Å²) in [6, 6.07) is -0.388. The van der Waals surface area contributed by atoms with Gasteiger partial charge in [-0.2, -0.15) is 0 Å².